The number of hydrogen-bond donors (Lipinski definition) is 1. The fraction of sp³-hybridized carbons (Fsp3) is 0.375. The summed E-state index contributed by atoms with van der Waals surface area (Å²) in [6, 6.07) is 0. The molecule has 6 nitrogen and oxygen atoms in total. The van der Waals surface area contributed by atoms with Crippen molar-refractivity contribution in [2.75, 3.05) is 7.11 Å². The summed E-state index contributed by atoms with van der Waals surface area (Å²) in [5.41, 5.74) is 3.76. The predicted molar refractivity (Wildman–Crippen MR) is 50.3 cm³/mol. The lowest BCUT2D eigenvalue weighted by Gasteiger charge is -2.11. The smallest absolute Gasteiger partial charge is 0.300 e. The van der Waals surface area contributed by atoms with Crippen LogP contribution in [0.4, 0.5) is 14.5 Å². The first kappa shape index (κ1) is 12.2. The zero-order chi connectivity index (χ0) is 12.3. The second kappa shape index (κ2) is 4.79. The van der Waals surface area contributed by atoms with Crippen LogP contribution in [0.1, 0.15) is 17.7 Å². The third-order valence-electron chi connectivity index (χ3n) is 1.94. The van der Waals surface area contributed by atoms with Gasteiger partial charge in [-0.25, -0.2) is 13.8 Å². The molecule has 0 fully saturated rings. The van der Waals surface area contributed by atoms with Gasteiger partial charge in [0, 0.05) is 6.54 Å². The van der Waals surface area contributed by atoms with Crippen molar-refractivity contribution in [3.05, 3.63) is 27.6 Å². The molecule has 1 heterocycles. The summed E-state index contributed by atoms with van der Waals surface area (Å²) < 4.78 is 30.1. The van der Waals surface area contributed by atoms with Gasteiger partial charge in [0.25, 0.3) is 12.1 Å². The van der Waals surface area contributed by atoms with Crippen molar-refractivity contribution in [1.82, 2.24) is 4.98 Å². The molecule has 0 amide bonds. The van der Waals surface area contributed by atoms with Crippen molar-refractivity contribution >= 4 is 5.69 Å². The van der Waals surface area contributed by atoms with E-state index in [0.29, 0.717) is 0 Å². The lowest BCUT2D eigenvalue weighted by atomic mass is 10.1. The van der Waals surface area contributed by atoms with E-state index in [2.05, 4.69) is 4.98 Å². The second-order valence-corrected chi connectivity index (χ2v) is 2.80. The Morgan fingerprint density at radius 2 is 2.31 bits per heavy atom. The maximum Gasteiger partial charge on any atom is 0.300 e. The molecule has 1 rings (SSSR count). The zero-order valence-electron chi connectivity index (χ0n) is 8.31. The van der Waals surface area contributed by atoms with Crippen molar-refractivity contribution < 1.29 is 18.4 Å². The van der Waals surface area contributed by atoms with E-state index in [4.69, 9.17) is 10.5 Å². The number of ether oxygens (including phenoxy) is 1. The molecule has 88 valence electrons. The van der Waals surface area contributed by atoms with Gasteiger partial charge in [0.2, 0.25) is 0 Å². The Bertz CT molecular complexity index is 412. The van der Waals surface area contributed by atoms with E-state index >= 15 is 0 Å². The number of pyridine rings is 1. The number of methoxy groups -OCH3 is 1. The molecule has 8 heteroatoms. The molecule has 1 aromatic heterocycles. The van der Waals surface area contributed by atoms with Gasteiger partial charge in [0.15, 0.2) is 5.75 Å². The first-order valence-corrected chi connectivity index (χ1v) is 4.21. The number of nitrogens with two attached hydrogens (primary N) is 1. The fourth-order valence-corrected chi connectivity index (χ4v) is 1.27. The summed E-state index contributed by atoms with van der Waals surface area (Å²) in [6.45, 7) is -0.138. The maximum atomic E-state index is 12.7. The Morgan fingerprint density at radius 1 is 1.69 bits per heavy atom. The fourth-order valence-electron chi connectivity index (χ4n) is 1.27. The highest BCUT2D eigenvalue weighted by Crippen LogP contribution is 2.37. The molecule has 0 aliphatic heterocycles. The van der Waals surface area contributed by atoms with E-state index in [1.54, 1.807) is 0 Å². The van der Waals surface area contributed by atoms with Crippen LogP contribution in [0.3, 0.4) is 0 Å². The monoisotopic (exact) mass is 233 g/mol. The molecule has 1 aromatic rings. The molecule has 0 atom stereocenters. The average molecular weight is 233 g/mol. The molecular formula is C8H9F2N3O3. The van der Waals surface area contributed by atoms with Gasteiger partial charge in [-0.2, -0.15) is 0 Å². The van der Waals surface area contributed by atoms with E-state index in [-0.39, 0.29) is 18.0 Å². The summed E-state index contributed by atoms with van der Waals surface area (Å²) in [7, 11) is 1.13. The van der Waals surface area contributed by atoms with E-state index in [0.717, 1.165) is 13.3 Å². The van der Waals surface area contributed by atoms with Crippen molar-refractivity contribution in [3.63, 3.8) is 0 Å². The molecule has 0 aromatic carbocycles. The van der Waals surface area contributed by atoms with E-state index in [9.17, 15) is 18.9 Å². The maximum absolute atomic E-state index is 12.7. The highest BCUT2D eigenvalue weighted by Gasteiger charge is 2.29. The van der Waals surface area contributed by atoms with Gasteiger partial charge in [-0.1, -0.05) is 0 Å². The van der Waals surface area contributed by atoms with Crippen molar-refractivity contribution in [2.24, 2.45) is 5.73 Å². The molecule has 0 aliphatic rings. The Hall–Kier alpha value is -1.83. The number of aromatic nitrogens is 1. The van der Waals surface area contributed by atoms with Crippen LogP contribution >= 0.6 is 0 Å². The summed E-state index contributed by atoms with van der Waals surface area (Å²) in [5, 5.41) is 10.5. The molecule has 0 bridgehead atoms. The van der Waals surface area contributed by atoms with Crippen LogP contribution in [0.25, 0.3) is 0 Å². The molecular weight excluding hydrogens is 224 g/mol. The first-order valence-electron chi connectivity index (χ1n) is 4.21. The van der Waals surface area contributed by atoms with Crippen molar-refractivity contribution in [3.8, 4) is 5.75 Å². The summed E-state index contributed by atoms with van der Waals surface area (Å²) in [6.07, 6.45) is -2.27. The molecule has 2 N–H and O–H groups in total. The Balaban J connectivity index is 3.50. The zero-order valence-corrected chi connectivity index (χ0v) is 8.31. The third kappa shape index (κ3) is 2.06. The Morgan fingerprint density at radius 3 is 2.69 bits per heavy atom. The molecule has 0 spiro atoms. The minimum atomic E-state index is -3.02. The number of hydrogen-bond acceptors (Lipinski definition) is 5. The summed E-state index contributed by atoms with van der Waals surface area (Å²) in [5.74, 6) is -0.327. The van der Waals surface area contributed by atoms with Crippen molar-refractivity contribution in [2.45, 2.75) is 13.0 Å². The quantitative estimate of drug-likeness (QED) is 0.626. The molecule has 0 saturated carbocycles. The van der Waals surface area contributed by atoms with Gasteiger partial charge in [-0.05, 0) is 0 Å². The van der Waals surface area contributed by atoms with Gasteiger partial charge >= 0.3 is 0 Å². The van der Waals surface area contributed by atoms with E-state index in [1.165, 1.54) is 0 Å². The van der Waals surface area contributed by atoms with Crippen LogP contribution in [0.15, 0.2) is 6.20 Å². The van der Waals surface area contributed by atoms with Crippen LogP contribution in [0.2, 0.25) is 0 Å². The first-order chi connectivity index (χ1) is 7.52. The van der Waals surface area contributed by atoms with Crippen LogP contribution in [0, 0.1) is 10.1 Å². The summed E-state index contributed by atoms with van der Waals surface area (Å²) >= 11 is 0. The topological polar surface area (TPSA) is 91.3 Å². The van der Waals surface area contributed by atoms with Crippen LogP contribution in [-0.4, -0.2) is 17.0 Å². The average Bonchev–Trinajstić information content (AvgIpc) is 2.26. The predicted octanol–water partition coefficient (Wildman–Crippen LogP) is 1.39. The van der Waals surface area contributed by atoms with Crippen LogP contribution in [-0.2, 0) is 6.54 Å². The standard InChI is InChI=1S/C8H9F2N3O3/c1-16-7-4(2-11)12-3-5(13(14)15)6(7)8(9)10/h3,8H,2,11H2,1H3. The molecule has 16 heavy (non-hydrogen) atoms. The normalized spacial score (nSPS) is 10.6. The Kier molecular flexibility index (Phi) is 3.67. The lowest BCUT2D eigenvalue weighted by Crippen LogP contribution is -2.08. The Labute approximate surface area is 89.2 Å². The molecule has 0 aliphatic carbocycles. The SMILES string of the molecule is COc1c(CN)ncc([N+](=O)[O-])c1C(F)F. The van der Waals surface area contributed by atoms with E-state index in [1.807, 2.05) is 0 Å². The highest BCUT2D eigenvalue weighted by molar-refractivity contribution is 5.51. The van der Waals surface area contributed by atoms with Crippen LogP contribution < -0.4 is 10.5 Å². The van der Waals surface area contributed by atoms with Gasteiger partial charge in [0.1, 0.15) is 11.8 Å². The minimum absolute atomic E-state index is 0.0587. The van der Waals surface area contributed by atoms with Gasteiger partial charge in [0.05, 0.1) is 17.7 Å². The van der Waals surface area contributed by atoms with Gasteiger partial charge in [-0.15, -0.1) is 0 Å². The van der Waals surface area contributed by atoms with E-state index < -0.39 is 22.6 Å². The largest absolute Gasteiger partial charge is 0.494 e. The van der Waals surface area contributed by atoms with Gasteiger partial charge in [-0.3, -0.25) is 10.1 Å². The number of alkyl halides is 2. The second-order valence-electron chi connectivity index (χ2n) is 2.80. The van der Waals surface area contributed by atoms with Crippen molar-refractivity contribution in [1.29, 1.82) is 0 Å². The minimum Gasteiger partial charge on any atom is -0.494 e. The number of halogens is 2. The third-order valence-corrected chi connectivity index (χ3v) is 1.94. The number of nitrogens with zero attached hydrogens (tertiary/aromatic N) is 2. The van der Waals surface area contributed by atoms with Gasteiger partial charge < -0.3 is 10.5 Å². The molecule has 0 radical (unpaired) electrons. The highest BCUT2D eigenvalue weighted by atomic mass is 19.3. The molecule has 0 unspecified atom stereocenters. The summed E-state index contributed by atoms with van der Waals surface area (Å²) in [4.78, 5) is 13.2. The van der Waals surface area contributed by atoms with Crippen LogP contribution in [0.5, 0.6) is 5.75 Å². The molecule has 0 saturated heterocycles. The number of nitro groups is 1. The lowest BCUT2D eigenvalue weighted by molar-refractivity contribution is -0.386. The number of rotatable bonds is 4.